The van der Waals surface area contributed by atoms with Gasteiger partial charge in [-0.3, -0.25) is 0 Å². The van der Waals surface area contributed by atoms with Crippen LogP contribution in [0.3, 0.4) is 0 Å². The summed E-state index contributed by atoms with van der Waals surface area (Å²) in [5.41, 5.74) is 5.36. The summed E-state index contributed by atoms with van der Waals surface area (Å²) in [5.74, 6) is 1.65. The lowest BCUT2D eigenvalue weighted by Gasteiger charge is -2.23. The lowest BCUT2D eigenvalue weighted by molar-refractivity contribution is 0.521. The molecular weight excluding hydrogens is 420 g/mol. The molecule has 0 atom stereocenters. The van der Waals surface area contributed by atoms with Crippen LogP contribution in [0.25, 0.3) is 22.5 Å². The predicted octanol–water partition coefficient (Wildman–Crippen LogP) is 6.07. The Labute approximate surface area is 194 Å². The van der Waals surface area contributed by atoms with E-state index in [1.165, 1.54) is 5.56 Å². The Hall–Kier alpha value is -2.99. The van der Waals surface area contributed by atoms with Gasteiger partial charge in [0.15, 0.2) is 5.15 Å². The van der Waals surface area contributed by atoms with Crippen molar-refractivity contribution >= 4 is 11.6 Å². The molecule has 0 aliphatic rings. The van der Waals surface area contributed by atoms with Crippen LogP contribution in [-0.4, -0.2) is 30.2 Å². The molecule has 4 aromatic rings. The van der Waals surface area contributed by atoms with Gasteiger partial charge in [-0.1, -0.05) is 94.2 Å². The van der Waals surface area contributed by atoms with Gasteiger partial charge in [0.2, 0.25) is 5.82 Å². The molecule has 0 spiro atoms. The predicted molar refractivity (Wildman–Crippen MR) is 129 cm³/mol. The Balaban J connectivity index is 1.66. The number of tetrazole rings is 1. The molecule has 0 aliphatic heterocycles. The molecule has 2 heterocycles. The average molecular weight is 449 g/mol. The van der Waals surface area contributed by atoms with E-state index in [0.29, 0.717) is 11.0 Å². The number of nitrogens with one attached hydrogen (secondary N) is 1. The van der Waals surface area contributed by atoms with Crippen LogP contribution in [0, 0.1) is 0 Å². The van der Waals surface area contributed by atoms with Gasteiger partial charge < -0.3 is 4.57 Å². The third-order valence-corrected chi connectivity index (χ3v) is 5.85. The number of H-pyrrole nitrogens is 1. The van der Waals surface area contributed by atoms with Gasteiger partial charge in [-0.2, -0.15) is 5.21 Å². The summed E-state index contributed by atoms with van der Waals surface area (Å²) >= 11 is 6.60. The summed E-state index contributed by atoms with van der Waals surface area (Å²) in [6.45, 7) is 9.51. The summed E-state index contributed by atoms with van der Waals surface area (Å²) < 4.78 is 2.31. The smallest absolute Gasteiger partial charge is 0.205 e. The minimum atomic E-state index is -0.0853. The first-order valence-electron chi connectivity index (χ1n) is 11.1. The molecule has 2 aromatic carbocycles. The zero-order valence-electron chi connectivity index (χ0n) is 19.1. The molecule has 0 unspecified atom stereocenters. The average Bonchev–Trinajstić information content (AvgIpc) is 3.41. The van der Waals surface area contributed by atoms with Gasteiger partial charge >= 0.3 is 0 Å². The summed E-state index contributed by atoms with van der Waals surface area (Å²) in [5, 5.41) is 15.1. The summed E-state index contributed by atoms with van der Waals surface area (Å²) in [7, 11) is 0. The van der Waals surface area contributed by atoms with Gasteiger partial charge in [-0.25, -0.2) is 4.98 Å². The highest BCUT2D eigenvalue weighted by Gasteiger charge is 2.26. The van der Waals surface area contributed by atoms with Crippen molar-refractivity contribution in [2.24, 2.45) is 0 Å². The number of hydrogen-bond acceptors (Lipinski definition) is 4. The van der Waals surface area contributed by atoms with E-state index in [2.05, 4.69) is 83.2 Å². The number of halogens is 1. The molecule has 7 heteroatoms. The van der Waals surface area contributed by atoms with E-state index in [9.17, 15) is 0 Å². The molecule has 0 radical (unpaired) electrons. The maximum Gasteiger partial charge on any atom is 0.205 e. The quantitative estimate of drug-likeness (QED) is 0.372. The van der Waals surface area contributed by atoms with Crippen molar-refractivity contribution in [2.45, 2.75) is 58.9 Å². The van der Waals surface area contributed by atoms with Gasteiger partial charge in [0.05, 0.1) is 5.69 Å². The fraction of sp³-hybridized carbons (Fsp3) is 0.360. The minimum Gasteiger partial charge on any atom is -0.326 e. The number of imidazole rings is 1. The minimum absolute atomic E-state index is 0.0853. The van der Waals surface area contributed by atoms with Crippen LogP contribution in [0.1, 0.15) is 57.6 Å². The van der Waals surface area contributed by atoms with E-state index in [1.54, 1.807) is 0 Å². The molecule has 0 saturated carbocycles. The molecule has 0 amide bonds. The van der Waals surface area contributed by atoms with Crippen LogP contribution in [0.15, 0.2) is 48.5 Å². The van der Waals surface area contributed by atoms with Gasteiger partial charge in [0.1, 0.15) is 5.82 Å². The third kappa shape index (κ3) is 4.60. The second-order valence-corrected chi connectivity index (χ2v) is 9.44. The van der Waals surface area contributed by atoms with Crippen molar-refractivity contribution in [1.82, 2.24) is 30.2 Å². The second kappa shape index (κ2) is 9.25. The van der Waals surface area contributed by atoms with Crippen molar-refractivity contribution in [3.05, 3.63) is 70.8 Å². The highest BCUT2D eigenvalue weighted by molar-refractivity contribution is 6.30. The highest BCUT2D eigenvalue weighted by Crippen LogP contribution is 2.33. The Bertz CT molecular complexity index is 1170. The lowest BCUT2D eigenvalue weighted by atomic mass is 9.92. The van der Waals surface area contributed by atoms with Crippen molar-refractivity contribution in [3.8, 4) is 22.5 Å². The van der Waals surface area contributed by atoms with E-state index >= 15 is 0 Å². The SMILES string of the molecule is CCCCc1nc(Cl)c(C(C)(C)C)n1Cc1ccc(-c2ccccc2-c2nn[nH]n2)cc1. The molecule has 4 rings (SSSR count). The van der Waals surface area contributed by atoms with Crippen molar-refractivity contribution in [2.75, 3.05) is 0 Å². The molecule has 2 aromatic heterocycles. The number of rotatable bonds is 7. The normalized spacial score (nSPS) is 11.8. The Kier molecular flexibility index (Phi) is 6.42. The Morgan fingerprint density at radius 3 is 2.34 bits per heavy atom. The lowest BCUT2D eigenvalue weighted by Crippen LogP contribution is -2.20. The second-order valence-electron chi connectivity index (χ2n) is 9.09. The van der Waals surface area contributed by atoms with E-state index in [0.717, 1.165) is 54.0 Å². The number of aryl methyl sites for hydroxylation is 1. The maximum absolute atomic E-state index is 6.60. The molecule has 166 valence electrons. The summed E-state index contributed by atoms with van der Waals surface area (Å²) in [4.78, 5) is 4.72. The fourth-order valence-corrected chi connectivity index (χ4v) is 4.54. The third-order valence-electron chi connectivity index (χ3n) is 5.59. The van der Waals surface area contributed by atoms with Crippen molar-refractivity contribution in [3.63, 3.8) is 0 Å². The van der Waals surface area contributed by atoms with E-state index < -0.39 is 0 Å². The largest absolute Gasteiger partial charge is 0.326 e. The van der Waals surface area contributed by atoms with Gasteiger partial charge in [-0.05, 0) is 28.3 Å². The van der Waals surface area contributed by atoms with Crippen LogP contribution in [0.5, 0.6) is 0 Å². The fourth-order valence-electron chi connectivity index (χ4n) is 4.06. The summed E-state index contributed by atoms with van der Waals surface area (Å²) in [6, 6.07) is 16.7. The van der Waals surface area contributed by atoms with Gasteiger partial charge in [0.25, 0.3) is 0 Å². The van der Waals surface area contributed by atoms with Crippen LogP contribution >= 0.6 is 11.6 Å². The van der Waals surface area contributed by atoms with Crippen LogP contribution in [0.4, 0.5) is 0 Å². The van der Waals surface area contributed by atoms with Crippen LogP contribution in [0.2, 0.25) is 5.15 Å². The molecule has 1 N–H and O–H groups in total. The molecule has 32 heavy (non-hydrogen) atoms. The van der Waals surface area contributed by atoms with Crippen LogP contribution in [-0.2, 0) is 18.4 Å². The number of unbranched alkanes of at least 4 members (excludes halogenated alkanes) is 1. The summed E-state index contributed by atoms with van der Waals surface area (Å²) in [6.07, 6.45) is 3.16. The molecule has 6 nitrogen and oxygen atoms in total. The van der Waals surface area contributed by atoms with Crippen molar-refractivity contribution in [1.29, 1.82) is 0 Å². The number of aromatic nitrogens is 6. The number of aromatic amines is 1. The molecule has 0 aliphatic carbocycles. The number of hydrogen-bond donors (Lipinski definition) is 1. The van der Waals surface area contributed by atoms with E-state index in [-0.39, 0.29) is 5.41 Å². The monoisotopic (exact) mass is 448 g/mol. The molecule has 0 bridgehead atoms. The topological polar surface area (TPSA) is 72.3 Å². The van der Waals surface area contributed by atoms with Crippen molar-refractivity contribution < 1.29 is 0 Å². The zero-order valence-corrected chi connectivity index (χ0v) is 19.8. The Morgan fingerprint density at radius 1 is 1.00 bits per heavy atom. The van der Waals surface area contributed by atoms with E-state index in [1.807, 2.05) is 18.2 Å². The molecule has 0 saturated heterocycles. The molecular formula is C25H29ClN6. The standard InChI is InChI=1S/C25H29ClN6/c1-5-6-11-21-27-23(26)22(25(2,3)4)32(21)16-17-12-14-18(15-13-17)19-9-7-8-10-20(19)24-28-30-31-29-24/h7-10,12-15H,5-6,11,16H2,1-4H3,(H,28,29,30,31). The maximum atomic E-state index is 6.60. The van der Waals surface area contributed by atoms with Crippen LogP contribution < -0.4 is 0 Å². The highest BCUT2D eigenvalue weighted by atomic mass is 35.5. The number of nitrogens with zero attached hydrogens (tertiary/aromatic N) is 5. The first kappa shape index (κ1) is 22.2. The Morgan fingerprint density at radius 2 is 1.72 bits per heavy atom. The zero-order chi connectivity index (χ0) is 22.7. The number of benzene rings is 2. The van der Waals surface area contributed by atoms with Gasteiger partial charge in [-0.15, -0.1) is 10.2 Å². The molecule has 0 fully saturated rings. The van der Waals surface area contributed by atoms with E-state index in [4.69, 9.17) is 16.6 Å². The first-order valence-corrected chi connectivity index (χ1v) is 11.4. The first-order chi connectivity index (χ1) is 15.4. The van der Waals surface area contributed by atoms with Gasteiger partial charge in [0, 0.05) is 23.9 Å².